The van der Waals surface area contributed by atoms with Gasteiger partial charge in [0.1, 0.15) is 0 Å². The van der Waals surface area contributed by atoms with Gasteiger partial charge in [0.25, 0.3) is 0 Å². The SMILES string of the molecule is CC(C)NS(=O)(=O)Cc1ccccc1CNCc1cn[nH]c1-c1cccnc1. The molecule has 0 saturated carbocycles. The zero-order chi connectivity index (χ0) is 20.0. The summed E-state index contributed by atoms with van der Waals surface area (Å²) in [5.41, 5.74) is 4.69. The Balaban J connectivity index is 1.66. The number of hydrogen-bond donors (Lipinski definition) is 3. The minimum Gasteiger partial charge on any atom is -0.308 e. The number of nitrogens with zero attached hydrogens (tertiary/aromatic N) is 2. The summed E-state index contributed by atoms with van der Waals surface area (Å²) in [6.07, 6.45) is 5.31. The molecule has 3 rings (SSSR count). The van der Waals surface area contributed by atoms with E-state index >= 15 is 0 Å². The van der Waals surface area contributed by atoms with Crippen LogP contribution in [-0.2, 0) is 28.9 Å². The Hall–Kier alpha value is -2.55. The van der Waals surface area contributed by atoms with Crippen LogP contribution in [0.15, 0.2) is 55.0 Å². The van der Waals surface area contributed by atoms with E-state index < -0.39 is 10.0 Å². The number of rotatable bonds is 9. The van der Waals surface area contributed by atoms with Gasteiger partial charge in [-0.1, -0.05) is 24.3 Å². The van der Waals surface area contributed by atoms with Gasteiger partial charge in [0, 0.05) is 42.7 Å². The highest BCUT2D eigenvalue weighted by atomic mass is 32.2. The van der Waals surface area contributed by atoms with Gasteiger partial charge in [-0.05, 0) is 37.1 Å². The van der Waals surface area contributed by atoms with E-state index in [9.17, 15) is 8.42 Å². The Bertz CT molecular complexity index is 1000. The fourth-order valence-electron chi connectivity index (χ4n) is 3.01. The molecule has 0 unspecified atom stereocenters. The van der Waals surface area contributed by atoms with Crippen LogP contribution >= 0.6 is 0 Å². The lowest BCUT2D eigenvalue weighted by molar-refractivity contribution is 0.568. The molecule has 3 aromatic rings. The van der Waals surface area contributed by atoms with E-state index in [4.69, 9.17) is 0 Å². The van der Waals surface area contributed by atoms with Crippen LogP contribution in [0.2, 0.25) is 0 Å². The molecule has 0 aliphatic heterocycles. The lowest BCUT2D eigenvalue weighted by Crippen LogP contribution is -2.31. The molecule has 0 saturated heterocycles. The molecular formula is C20H25N5O2S. The first kappa shape index (κ1) is 20.2. The second-order valence-corrected chi connectivity index (χ2v) is 8.67. The third-order valence-electron chi connectivity index (χ3n) is 4.18. The first-order valence-electron chi connectivity index (χ1n) is 9.15. The zero-order valence-corrected chi connectivity index (χ0v) is 16.8. The predicted octanol–water partition coefficient (Wildman–Crippen LogP) is 2.59. The highest BCUT2D eigenvalue weighted by Gasteiger charge is 2.15. The van der Waals surface area contributed by atoms with Crippen LogP contribution in [0.1, 0.15) is 30.5 Å². The molecule has 0 aliphatic rings. The summed E-state index contributed by atoms with van der Waals surface area (Å²) in [6.45, 7) is 4.79. The van der Waals surface area contributed by atoms with Crippen LogP contribution in [0.4, 0.5) is 0 Å². The van der Waals surface area contributed by atoms with Crippen LogP contribution in [-0.4, -0.2) is 29.6 Å². The van der Waals surface area contributed by atoms with Crippen molar-refractivity contribution in [3.05, 3.63) is 71.7 Å². The Morgan fingerprint density at radius 1 is 1.00 bits per heavy atom. The van der Waals surface area contributed by atoms with Gasteiger partial charge in [0.05, 0.1) is 17.6 Å². The van der Waals surface area contributed by atoms with Gasteiger partial charge in [-0.25, -0.2) is 13.1 Å². The minimum absolute atomic E-state index is 0.0321. The monoisotopic (exact) mass is 399 g/mol. The summed E-state index contributed by atoms with van der Waals surface area (Å²) in [4.78, 5) is 4.14. The van der Waals surface area contributed by atoms with E-state index in [-0.39, 0.29) is 11.8 Å². The average molecular weight is 400 g/mol. The maximum atomic E-state index is 12.3. The topological polar surface area (TPSA) is 99.8 Å². The molecule has 0 radical (unpaired) electrons. The van der Waals surface area contributed by atoms with Crippen molar-refractivity contribution >= 4 is 10.0 Å². The third kappa shape index (κ3) is 5.48. The zero-order valence-electron chi connectivity index (χ0n) is 16.0. The van der Waals surface area contributed by atoms with E-state index in [2.05, 4.69) is 25.2 Å². The maximum Gasteiger partial charge on any atom is 0.216 e. The molecule has 0 amide bonds. The van der Waals surface area contributed by atoms with Crippen molar-refractivity contribution < 1.29 is 8.42 Å². The number of sulfonamides is 1. The number of aromatic amines is 1. The summed E-state index contributed by atoms with van der Waals surface area (Å²) in [5, 5.41) is 10.5. The molecule has 3 N–H and O–H groups in total. The maximum absolute atomic E-state index is 12.3. The number of H-pyrrole nitrogens is 1. The summed E-state index contributed by atoms with van der Waals surface area (Å²) in [5.74, 6) is -0.0321. The number of hydrogen-bond acceptors (Lipinski definition) is 5. The van der Waals surface area contributed by atoms with E-state index in [0.29, 0.717) is 13.1 Å². The van der Waals surface area contributed by atoms with Gasteiger partial charge in [-0.3, -0.25) is 10.1 Å². The Morgan fingerprint density at radius 2 is 1.75 bits per heavy atom. The normalized spacial score (nSPS) is 11.8. The number of pyridine rings is 1. The lowest BCUT2D eigenvalue weighted by atomic mass is 10.1. The molecule has 1 aromatic carbocycles. The summed E-state index contributed by atoms with van der Waals surface area (Å²) in [7, 11) is -3.37. The molecule has 0 spiro atoms. The van der Waals surface area contributed by atoms with Gasteiger partial charge < -0.3 is 5.32 Å². The number of aromatic nitrogens is 3. The standard InChI is InChI=1S/C20H25N5O2S/c1-15(2)25-28(26,27)14-18-7-4-3-6-16(18)10-22-12-19-13-23-24-20(19)17-8-5-9-21-11-17/h3-9,11,13,15,22,25H,10,12,14H2,1-2H3,(H,23,24). The van der Waals surface area contributed by atoms with Gasteiger partial charge in [-0.2, -0.15) is 5.10 Å². The van der Waals surface area contributed by atoms with Crippen LogP contribution in [0.3, 0.4) is 0 Å². The Morgan fingerprint density at radius 3 is 2.46 bits per heavy atom. The number of nitrogens with one attached hydrogen (secondary N) is 3. The van der Waals surface area contributed by atoms with E-state index in [1.807, 2.05) is 50.2 Å². The van der Waals surface area contributed by atoms with Crippen molar-refractivity contribution in [2.75, 3.05) is 0 Å². The van der Waals surface area contributed by atoms with Crippen molar-refractivity contribution in [3.8, 4) is 11.3 Å². The van der Waals surface area contributed by atoms with Crippen molar-refractivity contribution in [1.29, 1.82) is 0 Å². The molecule has 2 aromatic heterocycles. The average Bonchev–Trinajstić information content (AvgIpc) is 3.11. The van der Waals surface area contributed by atoms with Gasteiger partial charge in [0.15, 0.2) is 0 Å². The molecular weight excluding hydrogens is 374 g/mol. The highest BCUT2D eigenvalue weighted by Crippen LogP contribution is 2.20. The first-order chi connectivity index (χ1) is 13.4. The van der Waals surface area contributed by atoms with Crippen LogP contribution < -0.4 is 10.0 Å². The smallest absolute Gasteiger partial charge is 0.216 e. The van der Waals surface area contributed by atoms with Crippen LogP contribution in [0, 0.1) is 0 Å². The van der Waals surface area contributed by atoms with Crippen LogP contribution in [0.5, 0.6) is 0 Å². The summed E-state index contributed by atoms with van der Waals surface area (Å²) >= 11 is 0. The number of benzene rings is 1. The van der Waals surface area contributed by atoms with Gasteiger partial charge in [-0.15, -0.1) is 0 Å². The molecule has 0 bridgehead atoms. The van der Waals surface area contributed by atoms with Crippen molar-refractivity contribution in [2.45, 2.75) is 38.7 Å². The Labute approximate surface area is 165 Å². The van der Waals surface area contributed by atoms with E-state index in [1.54, 1.807) is 18.6 Å². The fraction of sp³-hybridized carbons (Fsp3) is 0.300. The molecule has 28 heavy (non-hydrogen) atoms. The second-order valence-electron chi connectivity index (χ2n) is 6.92. The summed E-state index contributed by atoms with van der Waals surface area (Å²) < 4.78 is 27.2. The van der Waals surface area contributed by atoms with Crippen LogP contribution in [0.25, 0.3) is 11.3 Å². The van der Waals surface area contributed by atoms with Gasteiger partial charge >= 0.3 is 0 Å². The predicted molar refractivity (Wildman–Crippen MR) is 110 cm³/mol. The lowest BCUT2D eigenvalue weighted by Gasteiger charge is -2.13. The third-order valence-corrected chi connectivity index (χ3v) is 5.70. The molecule has 0 fully saturated rings. The first-order valence-corrected chi connectivity index (χ1v) is 10.8. The summed E-state index contributed by atoms with van der Waals surface area (Å²) in [6, 6.07) is 11.3. The molecule has 148 valence electrons. The van der Waals surface area contributed by atoms with E-state index in [0.717, 1.165) is 27.9 Å². The fourth-order valence-corrected chi connectivity index (χ4v) is 4.51. The van der Waals surface area contributed by atoms with Crippen molar-refractivity contribution in [1.82, 2.24) is 25.2 Å². The largest absolute Gasteiger partial charge is 0.308 e. The molecule has 8 heteroatoms. The Kier molecular flexibility index (Phi) is 6.56. The molecule has 2 heterocycles. The highest BCUT2D eigenvalue weighted by molar-refractivity contribution is 7.88. The molecule has 7 nitrogen and oxygen atoms in total. The van der Waals surface area contributed by atoms with Crippen molar-refractivity contribution in [3.63, 3.8) is 0 Å². The molecule has 0 atom stereocenters. The quantitative estimate of drug-likeness (QED) is 0.514. The van der Waals surface area contributed by atoms with E-state index in [1.165, 1.54) is 0 Å². The minimum atomic E-state index is -3.37. The molecule has 0 aliphatic carbocycles. The second kappa shape index (κ2) is 9.09. The van der Waals surface area contributed by atoms with Gasteiger partial charge in [0.2, 0.25) is 10.0 Å². The van der Waals surface area contributed by atoms with Crippen molar-refractivity contribution in [2.24, 2.45) is 0 Å².